The van der Waals surface area contributed by atoms with E-state index in [0.717, 1.165) is 23.2 Å². The molecule has 35 heavy (non-hydrogen) atoms. The first kappa shape index (κ1) is 26.6. The van der Waals surface area contributed by atoms with E-state index in [1.807, 2.05) is 48.5 Å². The number of hydrogen-bond donors (Lipinski definition) is 1. The molecule has 0 bridgehead atoms. The van der Waals surface area contributed by atoms with Crippen molar-refractivity contribution in [3.8, 4) is 29.1 Å². The van der Waals surface area contributed by atoms with Crippen LogP contribution >= 0.6 is 0 Å². The van der Waals surface area contributed by atoms with Crippen molar-refractivity contribution in [1.82, 2.24) is 0 Å². The van der Waals surface area contributed by atoms with E-state index in [1.54, 1.807) is 21.3 Å². The first-order valence-corrected chi connectivity index (χ1v) is 11.3. The van der Waals surface area contributed by atoms with E-state index in [2.05, 4.69) is 25.2 Å². The summed E-state index contributed by atoms with van der Waals surface area (Å²) in [6, 6.07) is 22.4. The average Bonchev–Trinajstić information content (AvgIpc) is 2.86. The number of rotatable bonds is 7. The minimum Gasteiger partial charge on any atom is -1.00 e. The molecule has 3 atom stereocenters. The maximum absolute atomic E-state index is 10.7. The number of aromatic hydroxyl groups is 1. The average molecular weight is 586 g/mol. The Morgan fingerprint density at radius 2 is 1.60 bits per heavy atom. The highest BCUT2D eigenvalue weighted by Gasteiger charge is 2.44. The molecule has 1 N–H and O–H groups in total. The van der Waals surface area contributed by atoms with Gasteiger partial charge in [-0.3, -0.25) is 0 Å². The number of ether oxygens (including phenoxy) is 3. The molecule has 4 rings (SSSR count). The Bertz CT molecular complexity index is 1210. The number of nitrogens with zero attached hydrogens (tertiary/aromatic N) is 2. The maximum Gasteiger partial charge on any atom is 0.166 e. The Kier molecular flexibility index (Phi) is 8.51. The van der Waals surface area contributed by atoms with Gasteiger partial charge in [-0.25, -0.2) is 0 Å². The molecule has 0 fully saturated rings. The predicted molar refractivity (Wildman–Crippen MR) is 130 cm³/mol. The Morgan fingerprint density at radius 1 is 0.914 bits per heavy atom. The summed E-state index contributed by atoms with van der Waals surface area (Å²) < 4.78 is 17.0. The third-order valence-electron chi connectivity index (χ3n) is 6.98. The summed E-state index contributed by atoms with van der Waals surface area (Å²) in [7, 11) is 6.96. The number of hydrogen-bond acceptors (Lipinski definition) is 5. The molecule has 184 valence electrons. The van der Waals surface area contributed by atoms with Gasteiger partial charge in [0, 0.05) is 12.0 Å². The number of phenols is 1. The van der Waals surface area contributed by atoms with Gasteiger partial charge in [0.1, 0.15) is 12.1 Å². The van der Waals surface area contributed by atoms with Gasteiger partial charge >= 0.3 is 0 Å². The molecule has 3 aromatic rings. The highest BCUT2D eigenvalue weighted by molar-refractivity contribution is 5.52. The second-order valence-corrected chi connectivity index (χ2v) is 9.00. The van der Waals surface area contributed by atoms with E-state index in [1.165, 1.54) is 5.56 Å². The number of halogens is 1. The zero-order valence-electron chi connectivity index (χ0n) is 20.5. The Balaban J connectivity index is 0.00000342. The van der Waals surface area contributed by atoms with Crippen molar-refractivity contribution in [1.29, 1.82) is 5.26 Å². The normalized spacial score (nSPS) is 20.7. The number of phenolic OH excluding ortho intramolecular Hbond substituents is 1. The van der Waals surface area contributed by atoms with Crippen molar-refractivity contribution in [3.05, 3.63) is 82.9 Å². The number of quaternary nitrogens is 1. The fourth-order valence-corrected chi connectivity index (χ4v) is 5.20. The first-order chi connectivity index (χ1) is 16.4. The van der Waals surface area contributed by atoms with Crippen LogP contribution in [0.5, 0.6) is 23.0 Å². The van der Waals surface area contributed by atoms with Gasteiger partial charge in [-0.05, 0) is 41.0 Å². The summed E-state index contributed by atoms with van der Waals surface area (Å²) in [6.45, 7) is 1.11. The van der Waals surface area contributed by atoms with E-state index in [0.29, 0.717) is 34.7 Å². The van der Waals surface area contributed by atoms with Gasteiger partial charge in [-0.2, -0.15) is 5.26 Å². The van der Waals surface area contributed by atoms with Crippen molar-refractivity contribution < 1.29 is 47.8 Å². The van der Waals surface area contributed by atoms with Crippen LogP contribution in [0.4, 0.5) is 0 Å². The van der Waals surface area contributed by atoms with Crippen LogP contribution in [-0.2, 0) is 6.42 Å². The van der Waals surface area contributed by atoms with Crippen molar-refractivity contribution in [3.63, 3.8) is 0 Å². The van der Waals surface area contributed by atoms with E-state index < -0.39 is 0 Å². The van der Waals surface area contributed by atoms with Crippen LogP contribution in [0.25, 0.3) is 0 Å². The summed E-state index contributed by atoms with van der Waals surface area (Å²) >= 11 is 0. The van der Waals surface area contributed by atoms with Gasteiger partial charge in [0.2, 0.25) is 0 Å². The molecule has 0 saturated carbocycles. The van der Waals surface area contributed by atoms with Crippen LogP contribution in [0.2, 0.25) is 0 Å². The third kappa shape index (κ3) is 5.19. The molecule has 3 unspecified atom stereocenters. The molecule has 0 aromatic heterocycles. The highest BCUT2D eigenvalue weighted by atomic mass is 127. The fraction of sp³-hybridized carbons (Fsp3) is 0.321. The predicted octanol–water partition coefficient (Wildman–Crippen LogP) is 1.82. The summed E-state index contributed by atoms with van der Waals surface area (Å²) in [6.07, 6.45) is 0.695. The molecule has 0 radical (unpaired) electrons. The fourth-order valence-electron chi connectivity index (χ4n) is 5.20. The van der Waals surface area contributed by atoms with Crippen molar-refractivity contribution in [2.24, 2.45) is 0 Å². The van der Waals surface area contributed by atoms with Crippen molar-refractivity contribution in [2.45, 2.75) is 18.4 Å². The molecule has 1 aliphatic heterocycles. The maximum atomic E-state index is 10.7. The highest BCUT2D eigenvalue weighted by Crippen LogP contribution is 2.48. The molecule has 0 saturated heterocycles. The largest absolute Gasteiger partial charge is 1.00 e. The van der Waals surface area contributed by atoms with Gasteiger partial charge in [0.05, 0.1) is 40.8 Å². The molecule has 3 aromatic carbocycles. The molecule has 6 nitrogen and oxygen atoms in total. The summed E-state index contributed by atoms with van der Waals surface area (Å²) in [5.74, 6) is 1.97. The molecule has 7 heteroatoms. The number of benzene rings is 3. The Labute approximate surface area is 224 Å². The number of nitriles is 1. The minimum absolute atomic E-state index is 0. The topological polar surface area (TPSA) is 71.7 Å². The molecular formula is C28H31IN2O4. The van der Waals surface area contributed by atoms with E-state index in [4.69, 9.17) is 14.2 Å². The second-order valence-electron chi connectivity index (χ2n) is 9.00. The van der Waals surface area contributed by atoms with Crippen LogP contribution in [0, 0.1) is 11.3 Å². The Morgan fingerprint density at radius 3 is 2.23 bits per heavy atom. The van der Waals surface area contributed by atoms with Crippen LogP contribution < -0.4 is 38.2 Å². The van der Waals surface area contributed by atoms with Crippen molar-refractivity contribution >= 4 is 0 Å². The molecule has 1 heterocycles. The minimum atomic E-state index is -0.0118. The van der Waals surface area contributed by atoms with E-state index >= 15 is 0 Å². The standard InChI is InChI=1S/C28H30N2O4.HI/c1-30(13-12-29)18-23(20-8-6-5-7-9-20)21-16-25(31)27(33-3)17-22(21)24(30)14-19-10-11-26(32-2)28(15-19)34-4;/h5-11,15-17,23-24H,13-14,18H2,1-4H3;1H. The van der Waals surface area contributed by atoms with E-state index in [-0.39, 0.29) is 41.7 Å². The summed E-state index contributed by atoms with van der Waals surface area (Å²) in [4.78, 5) is 0. The molecule has 0 aliphatic carbocycles. The lowest BCUT2D eigenvalue weighted by molar-refractivity contribution is -0.936. The zero-order valence-corrected chi connectivity index (χ0v) is 22.7. The molecule has 0 amide bonds. The monoisotopic (exact) mass is 586 g/mol. The van der Waals surface area contributed by atoms with Crippen LogP contribution in [0.3, 0.4) is 0 Å². The van der Waals surface area contributed by atoms with Gasteiger partial charge < -0.3 is 47.8 Å². The SMILES string of the molecule is COc1cc2c(cc1O)C(c1ccccc1)C[N+](C)(CC#N)C2Cc1ccc(OC)c(OC)c1.[I-]. The van der Waals surface area contributed by atoms with Crippen LogP contribution in [-0.4, -0.2) is 51.1 Å². The second kappa shape index (κ2) is 11.2. The lowest BCUT2D eigenvalue weighted by Gasteiger charge is -2.47. The van der Waals surface area contributed by atoms with Crippen molar-refractivity contribution in [2.75, 3.05) is 41.5 Å². The van der Waals surface area contributed by atoms with Gasteiger partial charge in [0.25, 0.3) is 0 Å². The zero-order chi connectivity index (χ0) is 24.3. The number of likely N-dealkylation sites (N-methyl/N-ethyl adjacent to an activating group) is 1. The smallest absolute Gasteiger partial charge is 0.166 e. The van der Waals surface area contributed by atoms with Gasteiger partial charge in [-0.1, -0.05) is 36.4 Å². The molecular weight excluding hydrogens is 555 g/mol. The summed E-state index contributed by atoms with van der Waals surface area (Å²) in [5.41, 5.74) is 4.41. The molecule has 1 aliphatic rings. The first-order valence-electron chi connectivity index (χ1n) is 11.3. The molecule has 0 spiro atoms. The lowest BCUT2D eigenvalue weighted by Crippen LogP contribution is -3.00. The van der Waals surface area contributed by atoms with Crippen LogP contribution in [0.15, 0.2) is 60.7 Å². The Hall–Kier alpha value is -2.96. The number of methoxy groups -OCH3 is 3. The van der Waals surface area contributed by atoms with Crippen LogP contribution in [0.1, 0.15) is 34.2 Å². The van der Waals surface area contributed by atoms with Gasteiger partial charge in [0.15, 0.2) is 29.5 Å². The third-order valence-corrected chi connectivity index (χ3v) is 6.98. The van der Waals surface area contributed by atoms with E-state index in [9.17, 15) is 10.4 Å². The van der Waals surface area contributed by atoms with Gasteiger partial charge in [-0.15, -0.1) is 0 Å². The summed E-state index contributed by atoms with van der Waals surface area (Å²) in [5, 5.41) is 20.5. The number of fused-ring (bicyclic) bond motifs is 1. The quantitative estimate of drug-likeness (QED) is 0.260. The lowest BCUT2D eigenvalue weighted by atomic mass is 9.78.